The average Bonchev–Trinajstić information content (AvgIpc) is 3.61. The molecular formula is C24H30ClFN4O. The van der Waals surface area contributed by atoms with Gasteiger partial charge in [0.15, 0.2) is 0 Å². The van der Waals surface area contributed by atoms with E-state index in [0.29, 0.717) is 43.2 Å². The molecule has 1 atom stereocenters. The average molecular weight is 445 g/mol. The maximum atomic E-state index is 14.5. The van der Waals surface area contributed by atoms with Gasteiger partial charge in [-0.05, 0) is 38.3 Å². The SMILES string of the molecule is CCC(C)c1nc(C)c(Cc2c(F)cccc2Cl)c(N2CCN(C(=O)C3CC3)CC2)n1. The highest BCUT2D eigenvalue weighted by Gasteiger charge is 2.35. The summed E-state index contributed by atoms with van der Waals surface area (Å²) in [6.07, 6.45) is 3.33. The molecule has 1 aliphatic heterocycles. The zero-order valence-electron chi connectivity index (χ0n) is 18.5. The summed E-state index contributed by atoms with van der Waals surface area (Å²) in [6, 6.07) is 4.77. The number of aryl methyl sites for hydroxylation is 1. The van der Waals surface area contributed by atoms with Crippen LogP contribution in [0, 0.1) is 18.7 Å². The van der Waals surface area contributed by atoms with Crippen molar-refractivity contribution >= 4 is 23.3 Å². The van der Waals surface area contributed by atoms with E-state index in [4.69, 9.17) is 21.6 Å². The van der Waals surface area contributed by atoms with E-state index in [1.54, 1.807) is 12.1 Å². The smallest absolute Gasteiger partial charge is 0.225 e. The number of carbonyl (C=O) groups excluding carboxylic acids is 1. The third-order valence-electron chi connectivity index (χ3n) is 6.50. The Balaban J connectivity index is 1.65. The van der Waals surface area contributed by atoms with E-state index < -0.39 is 0 Å². The summed E-state index contributed by atoms with van der Waals surface area (Å²) < 4.78 is 14.5. The number of anilines is 1. The second-order valence-electron chi connectivity index (χ2n) is 8.74. The van der Waals surface area contributed by atoms with Gasteiger partial charge in [0, 0.05) is 66.3 Å². The van der Waals surface area contributed by atoms with E-state index in [9.17, 15) is 9.18 Å². The molecule has 4 rings (SSSR count). The van der Waals surface area contributed by atoms with Crippen LogP contribution in [0.15, 0.2) is 18.2 Å². The first-order valence-corrected chi connectivity index (χ1v) is 11.6. The third-order valence-corrected chi connectivity index (χ3v) is 6.85. The van der Waals surface area contributed by atoms with E-state index in [-0.39, 0.29) is 23.6 Å². The van der Waals surface area contributed by atoms with Gasteiger partial charge in [-0.1, -0.05) is 31.5 Å². The van der Waals surface area contributed by atoms with E-state index >= 15 is 0 Å². The van der Waals surface area contributed by atoms with Gasteiger partial charge < -0.3 is 9.80 Å². The number of hydrogen-bond acceptors (Lipinski definition) is 4. The first kappa shape index (κ1) is 22.0. The quantitative estimate of drug-likeness (QED) is 0.645. The molecular weight excluding hydrogens is 415 g/mol. The van der Waals surface area contributed by atoms with Crippen LogP contribution in [0.2, 0.25) is 5.02 Å². The van der Waals surface area contributed by atoms with Crippen LogP contribution in [0.25, 0.3) is 0 Å². The van der Waals surface area contributed by atoms with E-state index in [1.165, 1.54) is 6.07 Å². The van der Waals surface area contributed by atoms with Crippen LogP contribution in [-0.2, 0) is 11.2 Å². The molecule has 1 unspecified atom stereocenters. The van der Waals surface area contributed by atoms with Crippen LogP contribution in [-0.4, -0.2) is 47.0 Å². The Morgan fingerprint density at radius 2 is 1.90 bits per heavy atom. The largest absolute Gasteiger partial charge is 0.353 e. The predicted molar refractivity (Wildman–Crippen MR) is 121 cm³/mol. The van der Waals surface area contributed by atoms with E-state index in [2.05, 4.69) is 18.7 Å². The van der Waals surface area contributed by atoms with Crippen molar-refractivity contribution in [3.63, 3.8) is 0 Å². The van der Waals surface area contributed by atoms with Crippen LogP contribution in [0.1, 0.15) is 61.7 Å². The molecule has 0 bridgehead atoms. The summed E-state index contributed by atoms with van der Waals surface area (Å²) >= 11 is 6.32. The zero-order valence-corrected chi connectivity index (χ0v) is 19.3. The lowest BCUT2D eigenvalue weighted by Gasteiger charge is -2.37. The van der Waals surface area contributed by atoms with E-state index in [0.717, 1.165) is 42.2 Å². The summed E-state index contributed by atoms with van der Waals surface area (Å²) in [7, 11) is 0. The van der Waals surface area contributed by atoms with Gasteiger partial charge in [0.25, 0.3) is 0 Å². The Morgan fingerprint density at radius 3 is 2.52 bits per heavy atom. The molecule has 1 aliphatic carbocycles. The Morgan fingerprint density at radius 1 is 1.19 bits per heavy atom. The molecule has 2 aromatic rings. The fourth-order valence-corrected chi connectivity index (χ4v) is 4.31. The lowest BCUT2D eigenvalue weighted by molar-refractivity contribution is -0.132. The summed E-state index contributed by atoms with van der Waals surface area (Å²) in [5, 5.41) is 0.413. The molecule has 0 spiro atoms. The molecule has 1 saturated heterocycles. The highest BCUT2D eigenvalue weighted by molar-refractivity contribution is 6.31. The first-order valence-electron chi connectivity index (χ1n) is 11.2. The summed E-state index contributed by atoms with van der Waals surface area (Å²) in [4.78, 5) is 26.4. The molecule has 31 heavy (non-hydrogen) atoms. The fourth-order valence-electron chi connectivity index (χ4n) is 4.08. The molecule has 5 nitrogen and oxygen atoms in total. The Kier molecular flexibility index (Phi) is 6.47. The standard InChI is InChI=1S/C24H30ClFN4O/c1-4-15(2)22-27-16(3)18(14-19-20(25)6-5-7-21(19)26)23(28-22)29-10-12-30(13-11-29)24(31)17-8-9-17/h5-7,15,17H,4,8-14H2,1-3H3. The van der Waals surface area contributed by atoms with Crippen molar-refractivity contribution in [2.75, 3.05) is 31.1 Å². The highest BCUT2D eigenvalue weighted by Crippen LogP contribution is 2.33. The van der Waals surface area contributed by atoms with Crippen molar-refractivity contribution in [1.29, 1.82) is 0 Å². The number of aromatic nitrogens is 2. The molecule has 2 fully saturated rings. The van der Waals surface area contributed by atoms with Gasteiger partial charge in [-0.3, -0.25) is 4.79 Å². The molecule has 1 amide bonds. The van der Waals surface area contributed by atoms with Gasteiger partial charge in [0.2, 0.25) is 5.91 Å². The van der Waals surface area contributed by atoms with Crippen molar-refractivity contribution in [3.05, 3.63) is 51.7 Å². The number of amides is 1. The molecule has 1 aromatic carbocycles. The number of hydrogen-bond donors (Lipinski definition) is 0. The normalized spacial score (nSPS) is 17.7. The molecule has 2 aliphatic rings. The van der Waals surface area contributed by atoms with Crippen LogP contribution < -0.4 is 4.90 Å². The molecule has 0 radical (unpaired) electrons. The lowest BCUT2D eigenvalue weighted by Crippen LogP contribution is -2.49. The molecule has 2 heterocycles. The first-order chi connectivity index (χ1) is 14.9. The number of halogens is 2. The zero-order chi connectivity index (χ0) is 22.1. The molecule has 0 N–H and O–H groups in total. The van der Waals surface area contributed by atoms with Gasteiger partial charge in [-0.25, -0.2) is 14.4 Å². The van der Waals surface area contributed by atoms with Gasteiger partial charge in [-0.2, -0.15) is 0 Å². The highest BCUT2D eigenvalue weighted by atomic mass is 35.5. The van der Waals surface area contributed by atoms with Crippen LogP contribution in [0.5, 0.6) is 0 Å². The van der Waals surface area contributed by atoms with Crippen molar-refractivity contribution < 1.29 is 9.18 Å². The number of piperazine rings is 1. The second-order valence-corrected chi connectivity index (χ2v) is 9.15. The maximum Gasteiger partial charge on any atom is 0.225 e. The number of nitrogens with zero attached hydrogens (tertiary/aromatic N) is 4. The van der Waals surface area contributed by atoms with Crippen molar-refractivity contribution in [2.45, 2.75) is 52.4 Å². The van der Waals surface area contributed by atoms with Crippen LogP contribution in [0.4, 0.5) is 10.2 Å². The van der Waals surface area contributed by atoms with Crippen molar-refractivity contribution in [2.24, 2.45) is 5.92 Å². The van der Waals surface area contributed by atoms with Crippen molar-refractivity contribution in [1.82, 2.24) is 14.9 Å². The topological polar surface area (TPSA) is 49.3 Å². The maximum absolute atomic E-state index is 14.5. The van der Waals surface area contributed by atoms with Crippen LogP contribution >= 0.6 is 11.6 Å². The van der Waals surface area contributed by atoms with Crippen LogP contribution in [0.3, 0.4) is 0 Å². The van der Waals surface area contributed by atoms with Gasteiger partial charge in [-0.15, -0.1) is 0 Å². The predicted octanol–water partition coefficient (Wildman–Crippen LogP) is 4.74. The molecule has 7 heteroatoms. The summed E-state index contributed by atoms with van der Waals surface area (Å²) in [5.74, 6) is 2.11. The van der Waals surface area contributed by atoms with Crippen molar-refractivity contribution in [3.8, 4) is 0 Å². The minimum absolute atomic E-state index is 0.237. The minimum Gasteiger partial charge on any atom is -0.353 e. The molecule has 1 saturated carbocycles. The fraction of sp³-hybridized carbons (Fsp3) is 0.542. The van der Waals surface area contributed by atoms with Gasteiger partial charge >= 0.3 is 0 Å². The Bertz CT molecular complexity index is 950. The van der Waals surface area contributed by atoms with E-state index in [1.807, 2.05) is 11.8 Å². The lowest BCUT2D eigenvalue weighted by atomic mass is 10.0. The molecule has 166 valence electrons. The molecule has 1 aromatic heterocycles. The number of benzene rings is 1. The van der Waals surface area contributed by atoms with Gasteiger partial charge in [0.1, 0.15) is 17.5 Å². The van der Waals surface area contributed by atoms with Gasteiger partial charge in [0.05, 0.1) is 0 Å². The second kappa shape index (κ2) is 9.11. The minimum atomic E-state index is -0.316. The summed E-state index contributed by atoms with van der Waals surface area (Å²) in [6.45, 7) is 9.03. The Labute approximate surface area is 188 Å². The summed E-state index contributed by atoms with van der Waals surface area (Å²) in [5.41, 5.74) is 2.23. The number of rotatable bonds is 6. The Hall–Kier alpha value is -2.21. The monoisotopic (exact) mass is 444 g/mol. The third kappa shape index (κ3) is 4.69. The number of carbonyl (C=O) groups is 1.